The van der Waals surface area contributed by atoms with Crippen LogP contribution in [-0.2, 0) is 9.59 Å². The van der Waals surface area contributed by atoms with E-state index in [9.17, 15) is 14.4 Å². The van der Waals surface area contributed by atoms with Gasteiger partial charge in [-0.25, -0.2) is 0 Å². The second-order valence-corrected chi connectivity index (χ2v) is 7.98. The molecule has 8 heteroatoms. The Balaban J connectivity index is 1.75. The van der Waals surface area contributed by atoms with Crippen LogP contribution < -0.4 is 5.32 Å². The average molecular weight is 435 g/mol. The van der Waals surface area contributed by atoms with Crippen LogP contribution in [0.15, 0.2) is 41.3 Å². The summed E-state index contributed by atoms with van der Waals surface area (Å²) in [5.74, 6) is -0.986. The first kappa shape index (κ1) is 20.5. The van der Waals surface area contributed by atoms with E-state index in [-0.39, 0.29) is 11.4 Å². The number of imide groups is 1. The highest BCUT2D eigenvalue weighted by molar-refractivity contribution is 8.18. The first-order valence-electron chi connectivity index (χ1n) is 8.33. The number of amides is 3. The third-order valence-corrected chi connectivity index (χ3v) is 6.06. The third kappa shape index (κ3) is 4.24. The van der Waals surface area contributed by atoms with Gasteiger partial charge in [0, 0.05) is 5.69 Å². The van der Waals surface area contributed by atoms with Gasteiger partial charge in [0.2, 0.25) is 5.91 Å². The van der Waals surface area contributed by atoms with Gasteiger partial charge in [0.25, 0.3) is 11.1 Å². The predicted molar refractivity (Wildman–Crippen MR) is 114 cm³/mol. The van der Waals surface area contributed by atoms with E-state index in [1.165, 1.54) is 6.08 Å². The monoisotopic (exact) mass is 434 g/mol. The smallest absolute Gasteiger partial charge is 0.294 e. The van der Waals surface area contributed by atoms with E-state index in [1.807, 2.05) is 26.0 Å². The molecule has 1 N–H and O–H groups in total. The van der Waals surface area contributed by atoms with Gasteiger partial charge in [0.15, 0.2) is 0 Å². The SMILES string of the molecule is Cc1cccc(NC(=O)CN2C(=O)S/C(=C/c3cccc(Cl)c3Cl)C2=O)c1C. The zero-order valence-corrected chi connectivity index (χ0v) is 17.4. The van der Waals surface area contributed by atoms with Crippen molar-refractivity contribution in [2.24, 2.45) is 0 Å². The number of nitrogens with zero attached hydrogens (tertiary/aromatic N) is 1. The Morgan fingerprint density at radius 1 is 1.14 bits per heavy atom. The summed E-state index contributed by atoms with van der Waals surface area (Å²) in [6.07, 6.45) is 1.50. The lowest BCUT2D eigenvalue weighted by molar-refractivity contribution is -0.127. The minimum Gasteiger partial charge on any atom is -0.324 e. The van der Waals surface area contributed by atoms with Crippen LogP contribution in [0.2, 0.25) is 10.0 Å². The Morgan fingerprint density at radius 2 is 1.86 bits per heavy atom. The summed E-state index contributed by atoms with van der Waals surface area (Å²) < 4.78 is 0. The molecule has 5 nitrogen and oxygen atoms in total. The number of nitrogens with one attached hydrogen (secondary N) is 1. The summed E-state index contributed by atoms with van der Waals surface area (Å²) in [4.78, 5) is 38.3. The first-order chi connectivity index (χ1) is 13.3. The number of rotatable bonds is 4. The van der Waals surface area contributed by atoms with E-state index in [1.54, 1.807) is 24.3 Å². The topological polar surface area (TPSA) is 66.5 Å². The van der Waals surface area contributed by atoms with Crippen LogP contribution in [0.3, 0.4) is 0 Å². The normalized spacial score (nSPS) is 15.4. The molecule has 1 saturated heterocycles. The van der Waals surface area contributed by atoms with Crippen LogP contribution >= 0.6 is 35.0 Å². The van der Waals surface area contributed by atoms with Crippen molar-refractivity contribution in [3.05, 3.63) is 68.0 Å². The molecule has 0 aromatic heterocycles. The molecular formula is C20H16Cl2N2O3S. The van der Waals surface area contributed by atoms with Gasteiger partial charge < -0.3 is 5.32 Å². The Labute approximate surface area is 176 Å². The molecule has 2 aromatic rings. The molecule has 0 radical (unpaired) electrons. The van der Waals surface area contributed by atoms with E-state index in [4.69, 9.17) is 23.2 Å². The van der Waals surface area contributed by atoms with Crippen molar-refractivity contribution in [3.8, 4) is 0 Å². The minimum absolute atomic E-state index is 0.189. The molecule has 0 unspecified atom stereocenters. The Bertz CT molecular complexity index is 1020. The molecule has 0 spiro atoms. The summed E-state index contributed by atoms with van der Waals surface area (Å²) in [7, 11) is 0. The summed E-state index contributed by atoms with van der Waals surface area (Å²) in [6.45, 7) is 3.47. The predicted octanol–water partition coefficient (Wildman–Crippen LogP) is 5.29. The molecule has 28 heavy (non-hydrogen) atoms. The highest BCUT2D eigenvalue weighted by Gasteiger charge is 2.36. The fourth-order valence-corrected chi connectivity index (χ4v) is 3.82. The number of anilines is 1. The second kappa shape index (κ2) is 8.39. The van der Waals surface area contributed by atoms with Crippen LogP contribution in [0.1, 0.15) is 16.7 Å². The van der Waals surface area contributed by atoms with Crippen molar-refractivity contribution < 1.29 is 14.4 Å². The molecule has 3 amide bonds. The van der Waals surface area contributed by atoms with E-state index >= 15 is 0 Å². The van der Waals surface area contributed by atoms with Gasteiger partial charge in [0.05, 0.1) is 15.0 Å². The molecule has 0 atom stereocenters. The second-order valence-electron chi connectivity index (χ2n) is 6.21. The minimum atomic E-state index is -0.540. The number of aryl methyl sites for hydroxylation is 1. The molecule has 1 aliphatic heterocycles. The Morgan fingerprint density at radius 3 is 2.61 bits per heavy atom. The summed E-state index contributed by atoms with van der Waals surface area (Å²) in [5.41, 5.74) is 3.14. The number of hydrogen-bond acceptors (Lipinski definition) is 4. The quantitative estimate of drug-likeness (QED) is 0.664. The maximum Gasteiger partial charge on any atom is 0.294 e. The molecule has 0 saturated carbocycles. The van der Waals surface area contributed by atoms with Gasteiger partial charge in [-0.3, -0.25) is 19.3 Å². The van der Waals surface area contributed by atoms with Gasteiger partial charge in [-0.05, 0) is 60.5 Å². The van der Waals surface area contributed by atoms with Crippen molar-refractivity contribution in [3.63, 3.8) is 0 Å². The van der Waals surface area contributed by atoms with Crippen LogP contribution in [-0.4, -0.2) is 28.5 Å². The average Bonchev–Trinajstić information content (AvgIpc) is 2.90. The van der Waals surface area contributed by atoms with Crippen LogP contribution in [0, 0.1) is 13.8 Å². The van der Waals surface area contributed by atoms with Crippen LogP contribution in [0.5, 0.6) is 0 Å². The summed E-state index contributed by atoms with van der Waals surface area (Å²) in [6, 6.07) is 10.6. The molecule has 144 valence electrons. The lowest BCUT2D eigenvalue weighted by Crippen LogP contribution is -2.36. The van der Waals surface area contributed by atoms with Gasteiger partial charge in [-0.2, -0.15) is 0 Å². The zero-order valence-electron chi connectivity index (χ0n) is 15.1. The van der Waals surface area contributed by atoms with Crippen molar-refractivity contribution in [2.75, 3.05) is 11.9 Å². The van der Waals surface area contributed by atoms with E-state index in [2.05, 4.69) is 5.32 Å². The lowest BCUT2D eigenvalue weighted by Gasteiger charge is -2.14. The van der Waals surface area contributed by atoms with Crippen LogP contribution in [0.4, 0.5) is 10.5 Å². The molecule has 2 aromatic carbocycles. The number of benzene rings is 2. The molecule has 1 aliphatic rings. The maximum atomic E-state index is 12.6. The standard InChI is InChI=1S/C20H16Cl2N2O3S/c1-11-5-3-8-15(12(11)2)23-17(25)10-24-19(26)16(28-20(24)27)9-13-6-4-7-14(21)18(13)22/h3-9H,10H2,1-2H3,(H,23,25)/b16-9+. The molecule has 0 aliphatic carbocycles. The number of carbonyl (C=O) groups excluding carboxylic acids is 3. The number of thioether (sulfide) groups is 1. The largest absolute Gasteiger partial charge is 0.324 e. The molecule has 1 fully saturated rings. The summed E-state index contributed by atoms with van der Waals surface area (Å²) >= 11 is 12.9. The van der Waals surface area contributed by atoms with E-state index in [0.29, 0.717) is 21.3 Å². The van der Waals surface area contributed by atoms with Crippen molar-refractivity contribution in [1.82, 2.24) is 4.90 Å². The van der Waals surface area contributed by atoms with E-state index < -0.39 is 17.1 Å². The van der Waals surface area contributed by atoms with Gasteiger partial charge in [-0.1, -0.05) is 47.5 Å². The van der Waals surface area contributed by atoms with Crippen molar-refractivity contribution >= 4 is 63.8 Å². The van der Waals surface area contributed by atoms with Gasteiger partial charge in [0.1, 0.15) is 6.54 Å². The number of halogens is 2. The molecule has 3 rings (SSSR count). The lowest BCUT2D eigenvalue weighted by atomic mass is 10.1. The number of hydrogen-bond donors (Lipinski definition) is 1. The third-order valence-electron chi connectivity index (χ3n) is 4.32. The van der Waals surface area contributed by atoms with Gasteiger partial charge in [-0.15, -0.1) is 0 Å². The number of carbonyl (C=O) groups is 3. The Hall–Kier alpha value is -2.28. The fraction of sp³-hybridized carbons (Fsp3) is 0.150. The molecule has 0 bridgehead atoms. The Kier molecular flexibility index (Phi) is 6.13. The van der Waals surface area contributed by atoms with Crippen molar-refractivity contribution in [1.29, 1.82) is 0 Å². The van der Waals surface area contributed by atoms with Gasteiger partial charge >= 0.3 is 0 Å². The molecule has 1 heterocycles. The molecular weight excluding hydrogens is 419 g/mol. The first-order valence-corrected chi connectivity index (χ1v) is 9.90. The maximum absolute atomic E-state index is 12.6. The summed E-state index contributed by atoms with van der Waals surface area (Å²) in [5, 5.41) is 2.88. The highest BCUT2D eigenvalue weighted by atomic mass is 35.5. The fourth-order valence-electron chi connectivity index (χ4n) is 2.63. The highest BCUT2D eigenvalue weighted by Crippen LogP contribution is 2.35. The van der Waals surface area contributed by atoms with E-state index in [0.717, 1.165) is 27.8 Å². The van der Waals surface area contributed by atoms with Crippen LogP contribution in [0.25, 0.3) is 6.08 Å². The van der Waals surface area contributed by atoms with Crippen molar-refractivity contribution in [2.45, 2.75) is 13.8 Å². The zero-order chi connectivity index (χ0) is 20.4.